The smallest absolute Gasteiger partial charge is 0.301 e. The summed E-state index contributed by atoms with van der Waals surface area (Å²) in [4.78, 5) is 33.1. The molecule has 7 nitrogen and oxygen atoms in total. The Kier molecular flexibility index (Phi) is 6.66. The minimum absolute atomic E-state index is 0.00414. The summed E-state index contributed by atoms with van der Waals surface area (Å²) in [5, 5.41) is 11.8. The highest BCUT2D eigenvalue weighted by atomic mass is 32.1. The van der Waals surface area contributed by atoms with E-state index in [1.807, 2.05) is 37.3 Å². The van der Waals surface area contributed by atoms with Crippen molar-refractivity contribution in [2.45, 2.75) is 32.1 Å². The van der Waals surface area contributed by atoms with Gasteiger partial charge in [-0.05, 0) is 72.1 Å². The molecule has 0 bridgehead atoms. The number of halogens is 1. The number of hydrogen-bond donors (Lipinski definition) is 1. The molecule has 2 atom stereocenters. The number of aliphatic hydroxyl groups excluding tert-OH is 1. The van der Waals surface area contributed by atoms with Crippen LogP contribution in [0.25, 0.3) is 16.0 Å². The Labute approximate surface area is 250 Å². The minimum atomic E-state index is -0.975. The molecular formula is C34H25FN2O5S. The van der Waals surface area contributed by atoms with Crippen LogP contribution in [0.3, 0.4) is 0 Å². The molecule has 3 heterocycles. The van der Waals surface area contributed by atoms with Gasteiger partial charge in [0.05, 0.1) is 21.8 Å². The summed E-state index contributed by atoms with van der Waals surface area (Å²) in [7, 11) is 0. The van der Waals surface area contributed by atoms with Crippen LogP contribution in [0.1, 0.15) is 35.2 Å². The molecule has 1 saturated heterocycles. The predicted octanol–water partition coefficient (Wildman–Crippen LogP) is 6.96. The second kappa shape index (κ2) is 10.7. The van der Waals surface area contributed by atoms with Gasteiger partial charge in [-0.3, -0.25) is 14.5 Å². The Hall–Kier alpha value is -5.02. The van der Waals surface area contributed by atoms with Crippen molar-refractivity contribution in [3.63, 3.8) is 0 Å². The molecule has 2 aliphatic heterocycles. The van der Waals surface area contributed by atoms with Gasteiger partial charge in [-0.2, -0.15) is 0 Å². The van der Waals surface area contributed by atoms with Crippen molar-refractivity contribution < 1.29 is 28.6 Å². The van der Waals surface area contributed by atoms with Crippen LogP contribution in [0.5, 0.6) is 11.5 Å². The molecule has 43 heavy (non-hydrogen) atoms. The van der Waals surface area contributed by atoms with Crippen LogP contribution >= 0.6 is 11.3 Å². The van der Waals surface area contributed by atoms with E-state index in [0.717, 1.165) is 28.2 Å². The largest absolute Gasteiger partial charge is 0.507 e. The number of amides is 1. The zero-order valence-corrected chi connectivity index (χ0v) is 23.8. The Morgan fingerprint density at radius 2 is 1.84 bits per heavy atom. The van der Waals surface area contributed by atoms with Gasteiger partial charge < -0.3 is 14.6 Å². The van der Waals surface area contributed by atoms with E-state index >= 15 is 0 Å². The first-order valence-corrected chi connectivity index (χ1v) is 14.6. The first kappa shape index (κ1) is 26.9. The van der Waals surface area contributed by atoms with Crippen LogP contribution in [0, 0.1) is 5.82 Å². The Morgan fingerprint density at radius 3 is 2.63 bits per heavy atom. The van der Waals surface area contributed by atoms with Gasteiger partial charge in [-0.25, -0.2) is 9.37 Å². The van der Waals surface area contributed by atoms with Crippen LogP contribution in [0.4, 0.5) is 9.52 Å². The van der Waals surface area contributed by atoms with Crippen molar-refractivity contribution in [3.8, 4) is 11.5 Å². The Morgan fingerprint density at radius 1 is 1.05 bits per heavy atom. The average molecular weight is 593 g/mol. The van der Waals surface area contributed by atoms with Crippen LogP contribution in [0.15, 0.2) is 96.6 Å². The predicted molar refractivity (Wildman–Crippen MR) is 162 cm³/mol. The SMILES string of the molecule is C[C@@H]1Cc2cc(C(O)=C3C(=O)C(=O)N(c4nc5ccc(F)cc5s4)[C@H]3c3ccc(OCc4ccccc4)cc3)ccc2O1. The summed E-state index contributed by atoms with van der Waals surface area (Å²) < 4.78 is 26.2. The van der Waals surface area contributed by atoms with Crippen molar-refractivity contribution >= 4 is 44.1 Å². The molecule has 0 spiro atoms. The molecule has 0 aliphatic carbocycles. The number of aliphatic hydroxyl groups is 1. The lowest BCUT2D eigenvalue weighted by Gasteiger charge is -2.23. The maximum absolute atomic E-state index is 14.0. The van der Waals surface area contributed by atoms with E-state index in [0.29, 0.717) is 40.1 Å². The molecule has 0 saturated carbocycles. The highest BCUT2D eigenvalue weighted by molar-refractivity contribution is 7.22. The molecule has 2 aliphatic rings. The first-order valence-electron chi connectivity index (χ1n) is 13.8. The number of thiazole rings is 1. The molecule has 1 aromatic heterocycles. The highest BCUT2D eigenvalue weighted by Gasteiger charge is 2.48. The molecule has 0 unspecified atom stereocenters. The number of benzene rings is 4. The summed E-state index contributed by atoms with van der Waals surface area (Å²) in [5.74, 6) is -1.04. The van der Waals surface area contributed by atoms with E-state index in [-0.39, 0.29) is 22.6 Å². The van der Waals surface area contributed by atoms with Gasteiger partial charge >= 0.3 is 5.91 Å². The van der Waals surface area contributed by atoms with E-state index in [2.05, 4.69) is 4.98 Å². The van der Waals surface area contributed by atoms with Gasteiger partial charge in [0.2, 0.25) is 0 Å². The zero-order chi connectivity index (χ0) is 29.7. The monoisotopic (exact) mass is 592 g/mol. The van der Waals surface area contributed by atoms with E-state index < -0.39 is 23.5 Å². The fraction of sp³-hybridized carbons (Fsp3) is 0.147. The molecule has 1 amide bonds. The summed E-state index contributed by atoms with van der Waals surface area (Å²) >= 11 is 1.10. The Bertz CT molecular complexity index is 1920. The van der Waals surface area contributed by atoms with Crippen molar-refractivity contribution in [1.82, 2.24) is 4.98 Å². The molecule has 4 aromatic carbocycles. The average Bonchev–Trinajstić information content (AvgIpc) is 3.68. The quantitative estimate of drug-likeness (QED) is 0.130. The minimum Gasteiger partial charge on any atom is -0.507 e. The summed E-state index contributed by atoms with van der Waals surface area (Å²) in [5.41, 5.74) is 3.36. The standard InChI is InChI=1S/C34H25FN2O5S/c1-19-15-23-16-22(9-14-27(23)42-19)31(38)29-30(21-7-11-25(12-8-21)41-18-20-5-3-2-4-6-20)37(33(40)32(29)39)34-36-26-13-10-24(35)17-28(26)43-34/h2-14,16-17,19,30,38H,15,18H2,1H3/t19-,30+/m1/s1. The topological polar surface area (TPSA) is 89.0 Å². The number of fused-ring (bicyclic) bond motifs is 2. The number of anilines is 1. The van der Waals surface area contributed by atoms with E-state index in [1.54, 1.807) is 42.5 Å². The van der Waals surface area contributed by atoms with Crippen molar-refractivity contribution in [2.75, 3.05) is 4.90 Å². The van der Waals surface area contributed by atoms with Crippen molar-refractivity contribution in [1.29, 1.82) is 0 Å². The van der Waals surface area contributed by atoms with E-state index in [1.165, 1.54) is 23.1 Å². The zero-order valence-electron chi connectivity index (χ0n) is 23.0. The molecule has 214 valence electrons. The number of ether oxygens (including phenoxy) is 2. The van der Waals surface area contributed by atoms with Crippen LogP contribution in [-0.4, -0.2) is 27.9 Å². The van der Waals surface area contributed by atoms with E-state index in [4.69, 9.17) is 9.47 Å². The number of nitrogens with zero attached hydrogens (tertiary/aromatic N) is 2. The number of hydrogen-bond acceptors (Lipinski definition) is 7. The number of rotatable bonds is 6. The van der Waals surface area contributed by atoms with E-state index in [9.17, 15) is 19.1 Å². The molecule has 9 heteroatoms. The van der Waals surface area contributed by atoms with Gasteiger partial charge in [-0.15, -0.1) is 0 Å². The lowest BCUT2D eigenvalue weighted by molar-refractivity contribution is -0.132. The number of aromatic nitrogens is 1. The maximum atomic E-state index is 14.0. The van der Waals surface area contributed by atoms with Gasteiger partial charge in [0, 0.05) is 12.0 Å². The lowest BCUT2D eigenvalue weighted by Crippen LogP contribution is -2.29. The van der Waals surface area contributed by atoms with Gasteiger partial charge in [0.25, 0.3) is 5.78 Å². The number of ketones is 1. The second-order valence-corrected chi connectivity index (χ2v) is 11.6. The third-order valence-corrected chi connectivity index (χ3v) is 8.62. The molecular weight excluding hydrogens is 567 g/mol. The maximum Gasteiger partial charge on any atom is 0.301 e. The van der Waals surface area contributed by atoms with Gasteiger partial charge in [0.1, 0.15) is 35.8 Å². The summed E-state index contributed by atoms with van der Waals surface area (Å²) in [6, 6.07) is 25.2. The molecule has 0 radical (unpaired) electrons. The number of Topliss-reactive ketones (excluding diaryl/α,β-unsaturated/α-hetero) is 1. The third kappa shape index (κ3) is 4.91. The van der Waals surface area contributed by atoms with Gasteiger partial charge in [0.15, 0.2) is 5.13 Å². The highest BCUT2D eigenvalue weighted by Crippen LogP contribution is 2.45. The lowest BCUT2D eigenvalue weighted by atomic mass is 9.94. The molecule has 1 fully saturated rings. The summed E-state index contributed by atoms with van der Waals surface area (Å²) in [6.45, 7) is 2.34. The van der Waals surface area contributed by atoms with Crippen LogP contribution in [0.2, 0.25) is 0 Å². The molecule has 7 rings (SSSR count). The molecule has 5 aromatic rings. The van der Waals surface area contributed by atoms with Crippen LogP contribution < -0.4 is 14.4 Å². The number of carbonyl (C=O) groups is 2. The Balaban J connectivity index is 1.31. The first-order chi connectivity index (χ1) is 20.9. The summed E-state index contributed by atoms with van der Waals surface area (Å²) in [6.07, 6.45) is 0.672. The normalized spacial score (nSPS) is 19.1. The third-order valence-electron chi connectivity index (χ3n) is 7.60. The van der Waals surface area contributed by atoms with Gasteiger partial charge in [-0.1, -0.05) is 53.8 Å². The van der Waals surface area contributed by atoms with Crippen LogP contribution in [-0.2, 0) is 22.6 Å². The molecule has 1 N–H and O–H groups in total. The van der Waals surface area contributed by atoms with Crippen molar-refractivity contribution in [2.24, 2.45) is 0 Å². The fourth-order valence-electron chi connectivity index (χ4n) is 5.55. The number of carbonyl (C=O) groups excluding carboxylic acids is 2. The second-order valence-electron chi connectivity index (χ2n) is 10.6. The van der Waals surface area contributed by atoms with Crippen molar-refractivity contribution in [3.05, 3.63) is 125 Å². The fourth-order valence-corrected chi connectivity index (χ4v) is 6.56.